The van der Waals surface area contributed by atoms with Gasteiger partial charge in [0, 0.05) is 40.9 Å². The first-order chi connectivity index (χ1) is 13.3. The fourth-order valence-electron chi connectivity index (χ4n) is 3.04. The van der Waals surface area contributed by atoms with Crippen molar-refractivity contribution in [2.75, 3.05) is 19.5 Å². The zero-order valence-electron chi connectivity index (χ0n) is 15.1. The molecule has 2 aromatic carbocycles. The molecule has 7 nitrogen and oxygen atoms in total. The minimum Gasteiger partial charge on any atom is -0.497 e. The van der Waals surface area contributed by atoms with Crippen molar-refractivity contribution in [1.82, 2.24) is 20.2 Å². The van der Waals surface area contributed by atoms with Crippen molar-refractivity contribution in [2.45, 2.75) is 6.54 Å². The van der Waals surface area contributed by atoms with Crippen LogP contribution < -0.4 is 14.8 Å². The molecule has 0 bridgehead atoms. The number of fused-ring (bicyclic) bond motifs is 1. The van der Waals surface area contributed by atoms with Crippen molar-refractivity contribution < 1.29 is 9.47 Å². The third-order valence-corrected chi connectivity index (χ3v) is 4.41. The summed E-state index contributed by atoms with van der Waals surface area (Å²) in [5.74, 6) is 2.29. The third-order valence-electron chi connectivity index (χ3n) is 4.41. The highest BCUT2D eigenvalue weighted by molar-refractivity contribution is 5.98. The van der Waals surface area contributed by atoms with Crippen molar-refractivity contribution >= 4 is 16.7 Å². The lowest BCUT2D eigenvalue weighted by Gasteiger charge is -2.13. The van der Waals surface area contributed by atoms with E-state index in [0.717, 1.165) is 44.9 Å². The van der Waals surface area contributed by atoms with Gasteiger partial charge < -0.3 is 14.8 Å². The van der Waals surface area contributed by atoms with Crippen LogP contribution in [0.25, 0.3) is 22.0 Å². The number of aromatic nitrogens is 4. The molecule has 27 heavy (non-hydrogen) atoms. The Morgan fingerprint density at radius 2 is 2.00 bits per heavy atom. The fraction of sp³-hybridized carbons (Fsp3) is 0.150. The lowest BCUT2D eigenvalue weighted by molar-refractivity contribution is 0.391. The Kier molecular flexibility index (Phi) is 4.57. The normalized spacial score (nSPS) is 10.7. The molecule has 0 amide bonds. The highest BCUT2D eigenvalue weighted by atomic mass is 16.5. The number of methoxy groups -OCH3 is 2. The van der Waals surface area contributed by atoms with Gasteiger partial charge in [-0.2, -0.15) is 5.10 Å². The number of H-pyrrole nitrogens is 1. The maximum absolute atomic E-state index is 5.47. The molecule has 7 heteroatoms. The van der Waals surface area contributed by atoms with E-state index in [1.165, 1.54) is 0 Å². The van der Waals surface area contributed by atoms with E-state index < -0.39 is 0 Å². The number of para-hydroxylation sites is 1. The first kappa shape index (κ1) is 16.8. The first-order valence-electron chi connectivity index (χ1n) is 8.48. The van der Waals surface area contributed by atoms with E-state index in [-0.39, 0.29) is 0 Å². The van der Waals surface area contributed by atoms with Crippen LogP contribution in [0.15, 0.2) is 55.1 Å². The van der Waals surface area contributed by atoms with Crippen molar-refractivity contribution in [2.24, 2.45) is 0 Å². The van der Waals surface area contributed by atoms with Crippen LogP contribution in [-0.2, 0) is 6.54 Å². The summed E-state index contributed by atoms with van der Waals surface area (Å²) >= 11 is 0. The van der Waals surface area contributed by atoms with Crippen molar-refractivity contribution in [1.29, 1.82) is 0 Å². The van der Waals surface area contributed by atoms with Gasteiger partial charge in [0.05, 0.1) is 25.9 Å². The maximum Gasteiger partial charge on any atom is 0.137 e. The molecule has 0 saturated carbocycles. The van der Waals surface area contributed by atoms with Gasteiger partial charge in [-0.05, 0) is 18.2 Å². The second-order valence-corrected chi connectivity index (χ2v) is 5.94. The van der Waals surface area contributed by atoms with Gasteiger partial charge in [0.1, 0.15) is 23.6 Å². The van der Waals surface area contributed by atoms with Crippen LogP contribution in [-0.4, -0.2) is 34.4 Å². The summed E-state index contributed by atoms with van der Waals surface area (Å²) in [5.41, 5.74) is 3.88. The van der Waals surface area contributed by atoms with Gasteiger partial charge in [-0.25, -0.2) is 9.97 Å². The first-order valence-corrected chi connectivity index (χ1v) is 8.48. The molecule has 0 atom stereocenters. The molecule has 0 aliphatic rings. The topological polar surface area (TPSA) is 85.0 Å². The van der Waals surface area contributed by atoms with Gasteiger partial charge >= 0.3 is 0 Å². The van der Waals surface area contributed by atoms with Crippen LogP contribution in [0.3, 0.4) is 0 Å². The Balaban J connectivity index is 1.66. The number of rotatable bonds is 6. The minimum atomic E-state index is 0.565. The minimum absolute atomic E-state index is 0.565. The molecular weight excluding hydrogens is 342 g/mol. The van der Waals surface area contributed by atoms with E-state index >= 15 is 0 Å². The Hall–Kier alpha value is -3.61. The molecule has 0 aliphatic heterocycles. The monoisotopic (exact) mass is 361 g/mol. The lowest BCUT2D eigenvalue weighted by atomic mass is 10.1. The Bertz CT molecular complexity index is 1060. The summed E-state index contributed by atoms with van der Waals surface area (Å²) in [7, 11) is 3.28. The van der Waals surface area contributed by atoms with E-state index in [2.05, 4.69) is 25.5 Å². The Labute approximate surface area is 156 Å². The van der Waals surface area contributed by atoms with Crippen molar-refractivity contribution in [3.05, 3.63) is 60.7 Å². The molecule has 2 N–H and O–H groups in total. The standard InChI is InChI=1S/C20H19N5O2/c1-26-15-7-6-13(18(8-15)27-2)9-21-20-17-5-3-4-16(14-10-24-25-11-14)19(17)22-12-23-20/h3-8,10-12H,9H2,1-2H3,(H,24,25)(H,21,22,23). The van der Waals surface area contributed by atoms with Gasteiger partial charge in [0.25, 0.3) is 0 Å². The molecule has 4 rings (SSSR count). The molecule has 0 unspecified atom stereocenters. The molecule has 0 spiro atoms. The highest BCUT2D eigenvalue weighted by Gasteiger charge is 2.11. The molecule has 0 saturated heterocycles. The molecule has 0 radical (unpaired) electrons. The molecule has 0 aliphatic carbocycles. The largest absolute Gasteiger partial charge is 0.497 e. The average molecular weight is 361 g/mol. The van der Waals surface area contributed by atoms with E-state index in [4.69, 9.17) is 9.47 Å². The fourth-order valence-corrected chi connectivity index (χ4v) is 3.04. The summed E-state index contributed by atoms with van der Waals surface area (Å²) < 4.78 is 10.7. The number of anilines is 1. The summed E-state index contributed by atoms with van der Waals surface area (Å²) in [6.45, 7) is 0.565. The smallest absolute Gasteiger partial charge is 0.137 e. The molecule has 136 valence electrons. The number of hydrogen-bond donors (Lipinski definition) is 2. The molecular formula is C20H19N5O2. The summed E-state index contributed by atoms with van der Waals surface area (Å²) in [4.78, 5) is 8.90. The number of benzene rings is 2. The second kappa shape index (κ2) is 7.33. The van der Waals surface area contributed by atoms with Crippen LogP contribution in [0.5, 0.6) is 11.5 Å². The van der Waals surface area contributed by atoms with Crippen LogP contribution in [0.1, 0.15) is 5.56 Å². The van der Waals surface area contributed by atoms with Gasteiger partial charge in [-0.3, -0.25) is 5.10 Å². The number of hydrogen-bond acceptors (Lipinski definition) is 6. The van der Waals surface area contributed by atoms with E-state index in [9.17, 15) is 0 Å². The molecule has 2 heterocycles. The lowest BCUT2D eigenvalue weighted by Crippen LogP contribution is -2.04. The number of nitrogens with one attached hydrogen (secondary N) is 2. The van der Waals surface area contributed by atoms with E-state index in [1.807, 2.05) is 42.6 Å². The Morgan fingerprint density at radius 3 is 2.78 bits per heavy atom. The van der Waals surface area contributed by atoms with Crippen LogP contribution >= 0.6 is 0 Å². The van der Waals surface area contributed by atoms with Gasteiger partial charge in [0.15, 0.2) is 0 Å². The molecule has 4 aromatic rings. The van der Waals surface area contributed by atoms with Gasteiger partial charge in [-0.1, -0.05) is 12.1 Å². The van der Waals surface area contributed by atoms with Crippen molar-refractivity contribution in [3.8, 4) is 22.6 Å². The van der Waals surface area contributed by atoms with E-state index in [1.54, 1.807) is 26.7 Å². The van der Waals surface area contributed by atoms with Crippen LogP contribution in [0, 0.1) is 0 Å². The SMILES string of the molecule is COc1ccc(CNc2ncnc3c(-c4cn[nH]c4)cccc23)c(OC)c1. The maximum atomic E-state index is 5.47. The quantitative estimate of drug-likeness (QED) is 0.545. The molecule has 2 aromatic heterocycles. The molecule has 0 fully saturated rings. The zero-order chi connectivity index (χ0) is 18.6. The number of nitrogens with zero attached hydrogens (tertiary/aromatic N) is 3. The van der Waals surface area contributed by atoms with Gasteiger partial charge in [0.2, 0.25) is 0 Å². The predicted octanol–water partition coefficient (Wildman–Crippen LogP) is 3.65. The van der Waals surface area contributed by atoms with Crippen LogP contribution in [0.2, 0.25) is 0 Å². The average Bonchev–Trinajstić information content (AvgIpc) is 3.26. The Morgan fingerprint density at radius 1 is 1.07 bits per heavy atom. The van der Waals surface area contributed by atoms with E-state index in [0.29, 0.717) is 6.54 Å². The highest BCUT2D eigenvalue weighted by Crippen LogP contribution is 2.30. The van der Waals surface area contributed by atoms with Gasteiger partial charge in [-0.15, -0.1) is 0 Å². The second-order valence-electron chi connectivity index (χ2n) is 5.94. The third kappa shape index (κ3) is 3.27. The number of aromatic amines is 1. The van der Waals surface area contributed by atoms with Crippen LogP contribution in [0.4, 0.5) is 5.82 Å². The number of ether oxygens (including phenoxy) is 2. The summed E-state index contributed by atoms with van der Waals surface area (Å²) in [5, 5.41) is 11.2. The zero-order valence-corrected chi connectivity index (χ0v) is 15.1. The predicted molar refractivity (Wildman–Crippen MR) is 104 cm³/mol. The summed E-state index contributed by atoms with van der Waals surface area (Å²) in [6.07, 6.45) is 5.21. The van der Waals surface area contributed by atoms with Crippen molar-refractivity contribution in [3.63, 3.8) is 0 Å². The summed E-state index contributed by atoms with van der Waals surface area (Å²) in [6, 6.07) is 11.8.